The average molecular weight is 477 g/mol. The quantitative estimate of drug-likeness (QED) is 0.248. The van der Waals surface area contributed by atoms with E-state index in [2.05, 4.69) is 20.9 Å². The van der Waals surface area contributed by atoms with Crippen LogP contribution >= 0.6 is 35.6 Å². The van der Waals surface area contributed by atoms with Gasteiger partial charge < -0.3 is 20.4 Å². The van der Waals surface area contributed by atoms with Crippen LogP contribution in [-0.2, 0) is 6.42 Å². The van der Waals surface area contributed by atoms with Gasteiger partial charge >= 0.3 is 0 Å². The fourth-order valence-corrected chi connectivity index (χ4v) is 2.30. The van der Waals surface area contributed by atoms with Gasteiger partial charge in [0.2, 0.25) is 0 Å². The van der Waals surface area contributed by atoms with E-state index < -0.39 is 0 Å². The molecule has 0 spiro atoms. The number of carbonyl (C=O) groups excluding carboxylic acids is 1. The highest BCUT2D eigenvalue weighted by Gasteiger charge is 2.06. The van der Waals surface area contributed by atoms with Gasteiger partial charge in [-0.25, -0.2) is 0 Å². The van der Waals surface area contributed by atoms with Gasteiger partial charge in [0, 0.05) is 31.7 Å². The van der Waals surface area contributed by atoms with Gasteiger partial charge in [0.15, 0.2) is 11.7 Å². The Morgan fingerprint density at radius 3 is 2.56 bits per heavy atom. The summed E-state index contributed by atoms with van der Waals surface area (Å²) in [6, 6.07) is 11.1. The van der Waals surface area contributed by atoms with Crippen LogP contribution < -0.4 is 16.0 Å². The van der Waals surface area contributed by atoms with Crippen molar-refractivity contribution in [1.29, 1.82) is 0 Å². The molecule has 1 amide bonds. The van der Waals surface area contributed by atoms with Gasteiger partial charge in [-0.15, -0.1) is 24.0 Å². The molecule has 2 aromatic rings. The summed E-state index contributed by atoms with van der Waals surface area (Å²) in [5, 5.41) is 9.85. The second kappa shape index (κ2) is 11.8. The monoisotopic (exact) mass is 476 g/mol. The van der Waals surface area contributed by atoms with Gasteiger partial charge in [0.25, 0.3) is 5.91 Å². The summed E-state index contributed by atoms with van der Waals surface area (Å²) < 4.78 is 5.02. The van der Waals surface area contributed by atoms with Crippen LogP contribution in [0.4, 0.5) is 0 Å². The summed E-state index contributed by atoms with van der Waals surface area (Å²) >= 11 is 5.96. The van der Waals surface area contributed by atoms with Crippen LogP contribution in [-0.4, -0.2) is 38.5 Å². The van der Waals surface area contributed by atoms with E-state index in [0.717, 1.165) is 23.6 Å². The van der Waals surface area contributed by atoms with E-state index in [9.17, 15) is 4.79 Å². The molecule has 1 aromatic heterocycles. The van der Waals surface area contributed by atoms with Crippen LogP contribution in [0.15, 0.2) is 52.1 Å². The first-order chi connectivity index (χ1) is 11.7. The Kier molecular flexibility index (Phi) is 10.0. The van der Waals surface area contributed by atoms with Crippen LogP contribution in [0.5, 0.6) is 0 Å². The zero-order valence-corrected chi connectivity index (χ0v) is 17.0. The molecule has 0 unspecified atom stereocenters. The first-order valence-electron chi connectivity index (χ1n) is 7.69. The first-order valence-corrected chi connectivity index (χ1v) is 8.07. The number of hydrogen-bond donors (Lipinski definition) is 3. The van der Waals surface area contributed by atoms with Crippen molar-refractivity contribution in [2.24, 2.45) is 4.99 Å². The van der Waals surface area contributed by atoms with Crippen LogP contribution in [0, 0.1) is 0 Å². The molecular formula is C17H22ClIN4O2. The third-order valence-electron chi connectivity index (χ3n) is 3.27. The number of nitrogens with one attached hydrogen (secondary N) is 3. The summed E-state index contributed by atoms with van der Waals surface area (Å²) in [7, 11) is 1.70. The highest BCUT2D eigenvalue weighted by atomic mass is 127. The maximum absolute atomic E-state index is 11.7. The Morgan fingerprint density at radius 1 is 1.12 bits per heavy atom. The van der Waals surface area contributed by atoms with Gasteiger partial charge in [0.05, 0.1) is 6.26 Å². The topological polar surface area (TPSA) is 78.7 Å². The lowest BCUT2D eigenvalue weighted by Crippen LogP contribution is -2.42. The molecule has 136 valence electrons. The number of furan rings is 1. The summed E-state index contributed by atoms with van der Waals surface area (Å²) in [4.78, 5) is 15.8. The summed E-state index contributed by atoms with van der Waals surface area (Å²) in [5.41, 5.74) is 1.16. The number of halogens is 2. The Hall–Kier alpha value is -1.74. The van der Waals surface area contributed by atoms with Crippen molar-refractivity contribution < 1.29 is 9.21 Å². The second-order valence-electron chi connectivity index (χ2n) is 5.04. The number of rotatable bonds is 7. The number of aliphatic imine (C=N–C) groups is 1. The molecule has 6 nitrogen and oxygen atoms in total. The molecule has 25 heavy (non-hydrogen) atoms. The summed E-state index contributed by atoms with van der Waals surface area (Å²) in [6.07, 6.45) is 2.31. The summed E-state index contributed by atoms with van der Waals surface area (Å²) in [6.45, 7) is 1.76. The lowest BCUT2D eigenvalue weighted by Gasteiger charge is -2.12. The van der Waals surface area contributed by atoms with Crippen molar-refractivity contribution in [2.45, 2.75) is 6.42 Å². The average Bonchev–Trinajstić information content (AvgIpc) is 3.11. The summed E-state index contributed by atoms with van der Waals surface area (Å²) in [5.74, 6) is 0.758. The predicted molar refractivity (Wildman–Crippen MR) is 111 cm³/mol. The molecule has 0 saturated carbocycles. The zero-order valence-electron chi connectivity index (χ0n) is 13.9. The molecule has 0 fully saturated rings. The molecule has 0 atom stereocenters. The van der Waals surface area contributed by atoms with Gasteiger partial charge in [-0.2, -0.15) is 0 Å². The van der Waals surface area contributed by atoms with Crippen LogP contribution in [0.2, 0.25) is 5.02 Å². The Bertz CT molecular complexity index is 677. The SMILES string of the molecule is CN=C(NCCNC(=O)c1ccco1)NCCc1cccc(Cl)c1.I. The highest BCUT2D eigenvalue weighted by molar-refractivity contribution is 14.0. The highest BCUT2D eigenvalue weighted by Crippen LogP contribution is 2.10. The fourth-order valence-electron chi connectivity index (χ4n) is 2.09. The number of guanidine groups is 1. The van der Waals surface area contributed by atoms with Crippen molar-refractivity contribution in [1.82, 2.24) is 16.0 Å². The number of carbonyl (C=O) groups is 1. The van der Waals surface area contributed by atoms with Crippen molar-refractivity contribution >= 4 is 47.4 Å². The third kappa shape index (κ3) is 7.78. The second-order valence-corrected chi connectivity index (χ2v) is 5.48. The van der Waals surface area contributed by atoms with Gasteiger partial charge in [-0.1, -0.05) is 23.7 Å². The van der Waals surface area contributed by atoms with Gasteiger partial charge in [-0.05, 0) is 36.2 Å². The van der Waals surface area contributed by atoms with Crippen LogP contribution in [0.3, 0.4) is 0 Å². The van der Waals surface area contributed by atoms with E-state index in [1.165, 1.54) is 6.26 Å². The van der Waals surface area contributed by atoms with E-state index in [1.54, 1.807) is 19.2 Å². The van der Waals surface area contributed by atoms with Gasteiger partial charge in [-0.3, -0.25) is 9.79 Å². The molecule has 0 bridgehead atoms. The molecule has 0 saturated heterocycles. The number of amides is 1. The maximum Gasteiger partial charge on any atom is 0.287 e. The standard InChI is InChI=1S/C17H21ClN4O2.HI/c1-19-17(21-8-7-13-4-2-5-14(18)12-13)22-10-9-20-16(23)15-6-3-11-24-15;/h2-6,11-12H,7-10H2,1H3,(H,20,23)(H2,19,21,22);1H. The smallest absolute Gasteiger partial charge is 0.287 e. The van der Waals surface area contributed by atoms with Crippen molar-refractivity contribution in [3.63, 3.8) is 0 Å². The number of nitrogens with zero attached hydrogens (tertiary/aromatic N) is 1. The molecule has 1 heterocycles. The minimum Gasteiger partial charge on any atom is -0.459 e. The van der Waals surface area contributed by atoms with Crippen molar-refractivity contribution in [3.05, 3.63) is 59.0 Å². The van der Waals surface area contributed by atoms with E-state index in [0.29, 0.717) is 24.8 Å². The number of benzene rings is 1. The van der Waals surface area contributed by atoms with E-state index in [1.807, 2.05) is 24.3 Å². The first kappa shape index (κ1) is 21.3. The Labute approximate surface area is 169 Å². The molecule has 8 heteroatoms. The number of hydrogen-bond acceptors (Lipinski definition) is 3. The third-order valence-corrected chi connectivity index (χ3v) is 3.50. The minimum atomic E-state index is -0.231. The minimum absolute atomic E-state index is 0. The predicted octanol–water partition coefficient (Wildman–Crippen LogP) is 2.69. The Morgan fingerprint density at radius 2 is 1.88 bits per heavy atom. The molecule has 0 radical (unpaired) electrons. The van der Waals surface area contributed by atoms with Crippen molar-refractivity contribution in [2.75, 3.05) is 26.7 Å². The maximum atomic E-state index is 11.7. The molecular weight excluding hydrogens is 455 g/mol. The van der Waals surface area contributed by atoms with E-state index in [-0.39, 0.29) is 29.9 Å². The van der Waals surface area contributed by atoms with Crippen LogP contribution in [0.1, 0.15) is 16.1 Å². The lowest BCUT2D eigenvalue weighted by molar-refractivity contribution is 0.0926. The molecule has 0 aliphatic carbocycles. The van der Waals surface area contributed by atoms with E-state index >= 15 is 0 Å². The molecule has 3 N–H and O–H groups in total. The van der Waals surface area contributed by atoms with Crippen LogP contribution in [0.25, 0.3) is 0 Å². The molecule has 1 aromatic carbocycles. The van der Waals surface area contributed by atoms with Gasteiger partial charge in [0.1, 0.15) is 0 Å². The Balaban J connectivity index is 0.00000312. The lowest BCUT2D eigenvalue weighted by atomic mass is 10.1. The molecule has 0 aliphatic heterocycles. The zero-order chi connectivity index (χ0) is 17.2. The molecule has 0 aliphatic rings. The van der Waals surface area contributed by atoms with E-state index in [4.69, 9.17) is 16.0 Å². The molecule has 2 rings (SSSR count). The van der Waals surface area contributed by atoms with Crippen molar-refractivity contribution in [3.8, 4) is 0 Å². The normalized spacial score (nSPS) is 10.7. The largest absolute Gasteiger partial charge is 0.459 e. The fraction of sp³-hybridized carbons (Fsp3) is 0.294.